The Kier molecular flexibility index (Phi) is 6.24. The molecule has 126 valence electrons. The summed E-state index contributed by atoms with van der Waals surface area (Å²) in [5.41, 5.74) is 0.307. The van der Waals surface area contributed by atoms with Crippen molar-refractivity contribution < 1.29 is 22.3 Å². The first-order valence-corrected chi connectivity index (χ1v) is 7.45. The Hall–Kier alpha value is -1.79. The Morgan fingerprint density at radius 3 is 2.39 bits per heavy atom. The third kappa shape index (κ3) is 5.11. The highest BCUT2D eigenvalue weighted by atomic mass is 19.2. The second-order valence-electron chi connectivity index (χ2n) is 5.75. The van der Waals surface area contributed by atoms with E-state index >= 15 is 0 Å². The third-order valence-corrected chi connectivity index (χ3v) is 3.22. The van der Waals surface area contributed by atoms with E-state index in [1.807, 2.05) is 13.8 Å². The molecule has 0 aliphatic carbocycles. The lowest BCUT2D eigenvalue weighted by atomic mass is 10.1. The maximum atomic E-state index is 13.2. The molecule has 0 aliphatic heterocycles. The van der Waals surface area contributed by atoms with Crippen LogP contribution < -0.4 is 5.32 Å². The van der Waals surface area contributed by atoms with Crippen molar-refractivity contribution in [3.63, 3.8) is 0 Å². The van der Waals surface area contributed by atoms with Crippen LogP contribution in [0.25, 0.3) is 0 Å². The molecule has 0 saturated heterocycles. The van der Waals surface area contributed by atoms with Crippen molar-refractivity contribution in [2.75, 3.05) is 13.2 Å². The summed E-state index contributed by atoms with van der Waals surface area (Å²) in [5, 5.41) is 3.11. The summed E-state index contributed by atoms with van der Waals surface area (Å²) in [4.78, 5) is 0. The van der Waals surface area contributed by atoms with Crippen LogP contribution in [0.3, 0.4) is 0 Å². The molecule has 1 aromatic heterocycles. The van der Waals surface area contributed by atoms with Crippen molar-refractivity contribution in [2.24, 2.45) is 5.92 Å². The SMILES string of the molecule is CC(C)COCC(NCc1cc(F)c(F)c(F)c1)c1ccco1. The number of furan rings is 1. The molecule has 6 heteroatoms. The summed E-state index contributed by atoms with van der Waals surface area (Å²) in [5.74, 6) is -2.80. The first-order valence-electron chi connectivity index (χ1n) is 7.45. The molecular weight excluding hydrogens is 307 g/mol. The number of halogens is 3. The van der Waals surface area contributed by atoms with Gasteiger partial charge in [-0.05, 0) is 35.7 Å². The molecule has 0 bridgehead atoms. The van der Waals surface area contributed by atoms with Crippen molar-refractivity contribution in [3.8, 4) is 0 Å². The summed E-state index contributed by atoms with van der Waals surface area (Å²) in [6, 6.07) is 5.23. The van der Waals surface area contributed by atoms with Crippen molar-refractivity contribution in [1.82, 2.24) is 5.32 Å². The monoisotopic (exact) mass is 327 g/mol. The van der Waals surface area contributed by atoms with E-state index in [1.54, 1.807) is 18.4 Å². The Labute approximate surface area is 133 Å². The highest BCUT2D eigenvalue weighted by molar-refractivity contribution is 5.19. The predicted octanol–water partition coefficient (Wildman–Crippen LogP) is 4.20. The molecule has 1 heterocycles. The standard InChI is InChI=1S/C17H20F3NO2/c1-11(2)9-22-10-15(16-4-3-5-23-16)21-8-12-6-13(18)17(20)14(19)7-12/h3-7,11,15,21H,8-10H2,1-2H3. The van der Waals surface area contributed by atoms with E-state index in [0.29, 0.717) is 30.5 Å². The zero-order chi connectivity index (χ0) is 16.8. The maximum Gasteiger partial charge on any atom is 0.194 e. The highest BCUT2D eigenvalue weighted by Gasteiger charge is 2.16. The molecular formula is C17H20F3NO2. The van der Waals surface area contributed by atoms with Gasteiger partial charge in [-0.3, -0.25) is 0 Å². The molecule has 0 saturated carbocycles. The minimum absolute atomic E-state index is 0.157. The lowest BCUT2D eigenvalue weighted by Gasteiger charge is -2.18. The fourth-order valence-corrected chi connectivity index (χ4v) is 2.10. The van der Waals surface area contributed by atoms with Gasteiger partial charge < -0.3 is 14.5 Å². The molecule has 2 aromatic rings. The fraction of sp³-hybridized carbons (Fsp3) is 0.412. The summed E-state index contributed by atoms with van der Waals surface area (Å²) in [7, 11) is 0. The van der Waals surface area contributed by atoms with Crippen molar-refractivity contribution in [3.05, 3.63) is 59.3 Å². The molecule has 3 nitrogen and oxygen atoms in total. The largest absolute Gasteiger partial charge is 0.468 e. The topological polar surface area (TPSA) is 34.4 Å². The van der Waals surface area contributed by atoms with E-state index in [0.717, 1.165) is 12.1 Å². The summed E-state index contributed by atoms with van der Waals surface area (Å²) in [6.07, 6.45) is 1.55. The van der Waals surface area contributed by atoms with Gasteiger partial charge in [-0.15, -0.1) is 0 Å². The molecule has 1 atom stereocenters. The van der Waals surface area contributed by atoms with Crippen LogP contribution in [0.4, 0.5) is 13.2 Å². The molecule has 1 aromatic carbocycles. The van der Waals surface area contributed by atoms with Crippen molar-refractivity contribution in [1.29, 1.82) is 0 Å². The Morgan fingerprint density at radius 2 is 1.83 bits per heavy atom. The average molecular weight is 327 g/mol. The van der Waals surface area contributed by atoms with Crippen LogP contribution in [0.1, 0.15) is 31.2 Å². The summed E-state index contributed by atoms with van der Waals surface area (Å²) >= 11 is 0. The average Bonchev–Trinajstić information content (AvgIpc) is 3.02. The number of hydrogen-bond donors (Lipinski definition) is 1. The van der Waals surface area contributed by atoms with Crippen LogP contribution in [0.2, 0.25) is 0 Å². The third-order valence-electron chi connectivity index (χ3n) is 3.22. The minimum Gasteiger partial charge on any atom is -0.468 e. The molecule has 0 fully saturated rings. The van der Waals surface area contributed by atoms with Gasteiger partial charge in [0.2, 0.25) is 0 Å². The molecule has 0 amide bonds. The smallest absolute Gasteiger partial charge is 0.194 e. The van der Waals surface area contributed by atoms with Gasteiger partial charge in [0.25, 0.3) is 0 Å². The number of ether oxygens (including phenoxy) is 1. The minimum atomic E-state index is -1.46. The highest BCUT2D eigenvalue weighted by Crippen LogP contribution is 2.17. The first-order chi connectivity index (χ1) is 11.0. The van der Waals surface area contributed by atoms with Gasteiger partial charge in [-0.2, -0.15) is 0 Å². The van der Waals surface area contributed by atoms with E-state index < -0.39 is 17.5 Å². The maximum absolute atomic E-state index is 13.2. The van der Waals surface area contributed by atoms with Crippen LogP contribution in [0.5, 0.6) is 0 Å². The van der Waals surface area contributed by atoms with E-state index in [4.69, 9.17) is 9.15 Å². The normalized spacial score (nSPS) is 12.8. The van der Waals surface area contributed by atoms with E-state index in [1.165, 1.54) is 0 Å². The van der Waals surface area contributed by atoms with Gasteiger partial charge in [0.15, 0.2) is 17.5 Å². The van der Waals surface area contributed by atoms with Gasteiger partial charge in [-0.25, -0.2) is 13.2 Å². The Balaban J connectivity index is 2.00. The lowest BCUT2D eigenvalue weighted by Crippen LogP contribution is -2.26. The van der Waals surface area contributed by atoms with Crippen LogP contribution >= 0.6 is 0 Å². The van der Waals surface area contributed by atoms with Crippen LogP contribution in [-0.4, -0.2) is 13.2 Å². The summed E-state index contributed by atoms with van der Waals surface area (Å²) in [6.45, 7) is 5.19. The number of rotatable bonds is 8. The molecule has 1 N–H and O–H groups in total. The van der Waals surface area contributed by atoms with Crippen molar-refractivity contribution in [2.45, 2.75) is 26.4 Å². The second kappa shape index (κ2) is 8.17. The zero-order valence-electron chi connectivity index (χ0n) is 13.1. The van der Waals surface area contributed by atoms with Gasteiger partial charge in [0.05, 0.1) is 18.9 Å². The van der Waals surface area contributed by atoms with Crippen molar-refractivity contribution >= 4 is 0 Å². The molecule has 1 unspecified atom stereocenters. The van der Waals surface area contributed by atoms with Gasteiger partial charge >= 0.3 is 0 Å². The van der Waals surface area contributed by atoms with Crippen LogP contribution in [0.15, 0.2) is 34.9 Å². The summed E-state index contributed by atoms with van der Waals surface area (Å²) < 4.78 is 50.4. The van der Waals surface area contributed by atoms with E-state index in [9.17, 15) is 13.2 Å². The van der Waals surface area contributed by atoms with Gasteiger partial charge in [0.1, 0.15) is 5.76 Å². The van der Waals surface area contributed by atoms with Gasteiger partial charge in [-0.1, -0.05) is 13.8 Å². The molecule has 0 spiro atoms. The molecule has 23 heavy (non-hydrogen) atoms. The second-order valence-corrected chi connectivity index (χ2v) is 5.75. The van der Waals surface area contributed by atoms with E-state index in [-0.39, 0.29) is 12.6 Å². The molecule has 0 aliphatic rings. The Morgan fingerprint density at radius 1 is 1.13 bits per heavy atom. The zero-order valence-corrected chi connectivity index (χ0v) is 13.1. The quantitative estimate of drug-likeness (QED) is 0.738. The first kappa shape index (κ1) is 17.6. The molecule has 2 rings (SSSR count). The van der Waals surface area contributed by atoms with Gasteiger partial charge in [0, 0.05) is 13.2 Å². The van der Waals surface area contributed by atoms with Crippen LogP contribution in [0, 0.1) is 23.4 Å². The predicted molar refractivity (Wildman–Crippen MR) is 80.3 cm³/mol. The molecule has 0 radical (unpaired) electrons. The number of benzene rings is 1. The number of nitrogens with one attached hydrogen (secondary N) is 1. The van der Waals surface area contributed by atoms with Crippen LogP contribution in [-0.2, 0) is 11.3 Å². The Bertz CT molecular complexity index is 591. The van der Waals surface area contributed by atoms with E-state index in [2.05, 4.69) is 5.32 Å². The fourth-order valence-electron chi connectivity index (χ4n) is 2.10. The lowest BCUT2D eigenvalue weighted by molar-refractivity contribution is 0.0844. The number of hydrogen-bond acceptors (Lipinski definition) is 3.